The highest BCUT2D eigenvalue weighted by molar-refractivity contribution is 5.87. The van der Waals surface area contributed by atoms with E-state index >= 15 is 0 Å². The SMILES string of the molecule is O=C(CNN=CC1C2CCC(O2)C1CCc1ccc(C(=O)O)cc1)Oc1ccccc1. The van der Waals surface area contributed by atoms with Crippen LogP contribution in [-0.2, 0) is 16.0 Å². The summed E-state index contributed by atoms with van der Waals surface area (Å²) in [4.78, 5) is 22.9. The molecule has 4 atom stereocenters. The number of hydrogen-bond acceptors (Lipinski definition) is 6. The van der Waals surface area contributed by atoms with Gasteiger partial charge in [0.25, 0.3) is 0 Å². The number of para-hydroxylation sites is 1. The third-order valence-electron chi connectivity index (χ3n) is 5.99. The Hall–Kier alpha value is -3.19. The van der Waals surface area contributed by atoms with E-state index in [1.165, 1.54) is 0 Å². The third kappa shape index (κ3) is 5.30. The molecule has 2 aromatic rings. The van der Waals surface area contributed by atoms with Gasteiger partial charge in [-0.2, -0.15) is 5.10 Å². The summed E-state index contributed by atoms with van der Waals surface area (Å²) in [5, 5.41) is 13.3. The monoisotopic (exact) mass is 422 g/mol. The Balaban J connectivity index is 1.27. The van der Waals surface area contributed by atoms with Gasteiger partial charge in [0.1, 0.15) is 12.3 Å². The average Bonchev–Trinajstić information content (AvgIpc) is 3.38. The van der Waals surface area contributed by atoms with Crippen LogP contribution in [0.2, 0.25) is 0 Å². The summed E-state index contributed by atoms with van der Waals surface area (Å²) in [5.74, 6) is -0.232. The fourth-order valence-electron chi connectivity index (χ4n) is 4.45. The summed E-state index contributed by atoms with van der Waals surface area (Å²) in [6.45, 7) is -0.00629. The Labute approximate surface area is 181 Å². The normalized spacial score (nSPS) is 24.4. The van der Waals surface area contributed by atoms with E-state index in [1.54, 1.807) is 24.3 Å². The van der Waals surface area contributed by atoms with Gasteiger partial charge in [-0.05, 0) is 61.4 Å². The van der Waals surface area contributed by atoms with Gasteiger partial charge in [-0.15, -0.1) is 0 Å². The summed E-state index contributed by atoms with van der Waals surface area (Å²) >= 11 is 0. The number of nitrogens with zero attached hydrogens (tertiary/aromatic N) is 1. The van der Waals surface area contributed by atoms with E-state index in [2.05, 4.69) is 10.5 Å². The van der Waals surface area contributed by atoms with Gasteiger partial charge < -0.3 is 14.6 Å². The van der Waals surface area contributed by atoms with Crippen LogP contribution in [-0.4, -0.2) is 42.0 Å². The van der Waals surface area contributed by atoms with E-state index in [4.69, 9.17) is 14.6 Å². The number of fused-ring (bicyclic) bond motifs is 2. The van der Waals surface area contributed by atoms with Gasteiger partial charge in [-0.25, -0.2) is 9.59 Å². The minimum Gasteiger partial charge on any atom is -0.478 e. The van der Waals surface area contributed by atoms with Gasteiger partial charge in [0.2, 0.25) is 0 Å². The molecule has 0 saturated carbocycles. The van der Waals surface area contributed by atoms with E-state index in [9.17, 15) is 9.59 Å². The molecule has 2 aliphatic heterocycles. The van der Waals surface area contributed by atoms with Crippen LogP contribution >= 0.6 is 0 Å². The zero-order valence-corrected chi connectivity index (χ0v) is 17.1. The molecule has 2 aromatic carbocycles. The molecule has 0 amide bonds. The molecule has 2 bridgehead atoms. The van der Waals surface area contributed by atoms with Crippen LogP contribution in [0.3, 0.4) is 0 Å². The van der Waals surface area contributed by atoms with Crippen molar-refractivity contribution in [1.29, 1.82) is 0 Å². The highest BCUT2D eigenvalue weighted by Gasteiger charge is 2.47. The van der Waals surface area contributed by atoms with Crippen LogP contribution in [0.1, 0.15) is 35.2 Å². The third-order valence-corrected chi connectivity index (χ3v) is 5.99. The van der Waals surface area contributed by atoms with Crippen LogP contribution in [0.4, 0.5) is 0 Å². The number of aromatic carboxylic acids is 1. The van der Waals surface area contributed by atoms with Gasteiger partial charge in [0, 0.05) is 12.1 Å². The molecule has 0 spiro atoms. The lowest BCUT2D eigenvalue weighted by Crippen LogP contribution is -2.30. The summed E-state index contributed by atoms with van der Waals surface area (Å²) in [7, 11) is 0. The van der Waals surface area contributed by atoms with Crippen LogP contribution in [0.15, 0.2) is 59.7 Å². The molecule has 2 saturated heterocycles. The molecule has 2 heterocycles. The minimum absolute atomic E-state index is 0.00629. The molecule has 2 aliphatic rings. The molecule has 7 heteroatoms. The number of nitrogens with one attached hydrogen (secondary N) is 1. The maximum atomic E-state index is 11.9. The summed E-state index contributed by atoms with van der Waals surface area (Å²) < 4.78 is 11.3. The number of aryl methyl sites for hydroxylation is 1. The fourth-order valence-corrected chi connectivity index (χ4v) is 4.45. The second-order valence-corrected chi connectivity index (χ2v) is 7.97. The zero-order chi connectivity index (χ0) is 21.6. The first kappa shape index (κ1) is 21.1. The predicted octanol–water partition coefficient (Wildman–Crippen LogP) is 3.29. The Bertz CT molecular complexity index is 929. The summed E-state index contributed by atoms with van der Waals surface area (Å²) in [6.07, 6.45) is 6.18. The largest absolute Gasteiger partial charge is 0.478 e. The Morgan fingerprint density at radius 1 is 1.10 bits per heavy atom. The maximum Gasteiger partial charge on any atom is 0.335 e. The number of hydrazone groups is 1. The van der Waals surface area contributed by atoms with Gasteiger partial charge in [-0.3, -0.25) is 5.43 Å². The topological polar surface area (TPSA) is 97.2 Å². The first-order valence-electron chi connectivity index (χ1n) is 10.6. The number of ether oxygens (including phenoxy) is 2. The van der Waals surface area contributed by atoms with Gasteiger partial charge >= 0.3 is 11.9 Å². The van der Waals surface area contributed by atoms with Crippen molar-refractivity contribution >= 4 is 18.2 Å². The van der Waals surface area contributed by atoms with E-state index in [0.717, 1.165) is 31.2 Å². The van der Waals surface area contributed by atoms with E-state index < -0.39 is 11.9 Å². The summed E-state index contributed by atoms with van der Waals surface area (Å²) in [5.41, 5.74) is 4.20. The van der Waals surface area contributed by atoms with Gasteiger partial charge in [-0.1, -0.05) is 30.3 Å². The lowest BCUT2D eigenvalue weighted by atomic mass is 9.77. The van der Waals surface area contributed by atoms with Crippen LogP contribution in [0.5, 0.6) is 5.75 Å². The molecule has 0 aliphatic carbocycles. The molecule has 2 fully saturated rings. The standard InChI is InChI=1S/C24H26N2O5/c27-23(30-18-4-2-1-3-5-18)15-26-25-14-20-19(21-12-13-22(20)31-21)11-8-16-6-9-17(10-7-16)24(28)29/h1-7,9-10,14,19-22,26H,8,11-13,15H2,(H,28,29). The number of carbonyl (C=O) groups excluding carboxylic acids is 1. The molecule has 7 nitrogen and oxygen atoms in total. The van der Waals surface area contributed by atoms with Crippen LogP contribution in [0, 0.1) is 11.8 Å². The molecule has 4 unspecified atom stereocenters. The van der Waals surface area contributed by atoms with Crippen molar-refractivity contribution in [1.82, 2.24) is 5.43 Å². The highest BCUT2D eigenvalue weighted by atomic mass is 16.5. The van der Waals surface area contributed by atoms with Crippen molar-refractivity contribution in [3.8, 4) is 5.75 Å². The molecule has 31 heavy (non-hydrogen) atoms. The lowest BCUT2D eigenvalue weighted by Gasteiger charge is -2.25. The quantitative estimate of drug-likeness (QED) is 0.279. The van der Waals surface area contributed by atoms with Gasteiger partial charge in [0.15, 0.2) is 0 Å². The molecule has 0 radical (unpaired) electrons. The van der Waals surface area contributed by atoms with Crippen molar-refractivity contribution in [3.05, 3.63) is 65.7 Å². The maximum absolute atomic E-state index is 11.9. The second-order valence-electron chi connectivity index (χ2n) is 7.97. The molecule has 2 N–H and O–H groups in total. The Kier molecular flexibility index (Phi) is 6.62. The predicted molar refractivity (Wildman–Crippen MR) is 115 cm³/mol. The molecule has 4 rings (SSSR count). The number of carboxylic acid groups (broad SMARTS) is 1. The van der Waals surface area contributed by atoms with Crippen molar-refractivity contribution < 1.29 is 24.2 Å². The number of rotatable bonds is 9. The van der Waals surface area contributed by atoms with E-state index in [1.807, 2.05) is 36.5 Å². The molecular weight excluding hydrogens is 396 g/mol. The lowest BCUT2D eigenvalue weighted by molar-refractivity contribution is -0.133. The highest BCUT2D eigenvalue weighted by Crippen LogP contribution is 2.44. The van der Waals surface area contributed by atoms with E-state index in [0.29, 0.717) is 17.2 Å². The number of carboxylic acids is 1. The van der Waals surface area contributed by atoms with Crippen molar-refractivity contribution in [2.45, 2.75) is 37.9 Å². The second kappa shape index (κ2) is 9.75. The Morgan fingerprint density at radius 2 is 1.84 bits per heavy atom. The van der Waals surface area contributed by atoms with Crippen molar-refractivity contribution in [3.63, 3.8) is 0 Å². The smallest absolute Gasteiger partial charge is 0.335 e. The number of carbonyl (C=O) groups is 2. The van der Waals surface area contributed by atoms with Crippen molar-refractivity contribution in [2.75, 3.05) is 6.54 Å². The Morgan fingerprint density at radius 3 is 2.58 bits per heavy atom. The minimum atomic E-state index is -0.913. The summed E-state index contributed by atoms with van der Waals surface area (Å²) in [6, 6.07) is 16.0. The molecule has 162 valence electrons. The van der Waals surface area contributed by atoms with E-state index in [-0.39, 0.29) is 24.7 Å². The fraction of sp³-hybridized carbons (Fsp3) is 0.375. The molecular formula is C24H26N2O5. The van der Waals surface area contributed by atoms with Crippen molar-refractivity contribution in [2.24, 2.45) is 16.9 Å². The van der Waals surface area contributed by atoms with Gasteiger partial charge in [0.05, 0.1) is 17.8 Å². The zero-order valence-electron chi connectivity index (χ0n) is 17.1. The number of hydrogen-bond donors (Lipinski definition) is 2. The molecule has 0 aromatic heterocycles. The number of esters is 1. The first-order chi connectivity index (χ1) is 15.1. The van der Waals surface area contributed by atoms with Crippen LogP contribution in [0.25, 0.3) is 0 Å². The first-order valence-corrected chi connectivity index (χ1v) is 10.6. The number of benzene rings is 2. The average molecular weight is 422 g/mol. The van der Waals surface area contributed by atoms with Crippen LogP contribution < -0.4 is 10.2 Å².